The first-order valence-electron chi connectivity index (χ1n) is 6.39. The minimum Gasteiger partial charge on any atom is -0.393 e. The smallest absolute Gasteiger partial charge is 0.236 e. The molecule has 1 atom stereocenters. The van der Waals surface area contributed by atoms with E-state index < -0.39 is 0 Å². The summed E-state index contributed by atoms with van der Waals surface area (Å²) in [6.07, 6.45) is 2.24. The molecule has 0 bridgehead atoms. The molecule has 1 unspecified atom stereocenters. The fraction of sp³-hybridized carbons (Fsp3) is 0.917. The van der Waals surface area contributed by atoms with E-state index >= 15 is 0 Å². The Morgan fingerprint density at radius 2 is 2.12 bits per heavy atom. The van der Waals surface area contributed by atoms with Crippen LogP contribution < -0.4 is 5.73 Å². The summed E-state index contributed by atoms with van der Waals surface area (Å²) >= 11 is 0. The lowest BCUT2D eigenvalue weighted by atomic mass is 10.1. The number of nitrogens with zero attached hydrogens (tertiary/aromatic N) is 2. The van der Waals surface area contributed by atoms with Crippen LogP contribution in [0.5, 0.6) is 0 Å². The van der Waals surface area contributed by atoms with Crippen molar-refractivity contribution in [3.8, 4) is 0 Å². The minimum absolute atomic E-state index is 0.126. The van der Waals surface area contributed by atoms with E-state index in [1.54, 1.807) is 18.9 Å². The van der Waals surface area contributed by atoms with Crippen molar-refractivity contribution in [3.05, 3.63) is 0 Å². The van der Waals surface area contributed by atoms with E-state index in [0.29, 0.717) is 25.6 Å². The summed E-state index contributed by atoms with van der Waals surface area (Å²) in [6, 6.07) is 0.300. The van der Waals surface area contributed by atoms with Crippen molar-refractivity contribution in [2.75, 3.05) is 33.2 Å². The lowest BCUT2D eigenvalue weighted by molar-refractivity contribution is -0.131. The maximum Gasteiger partial charge on any atom is 0.236 e. The number of carbonyl (C=O) groups is 1. The van der Waals surface area contributed by atoms with Gasteiger partial charge in [-0.05, 0) is 26.2 Å². The van der Waals surface area contributed by atoms with Gasteiger partial charge in [-0.2, -0.15) is 0 Å². The van der Waals surface area contributed by atoms with Gasteiger partial charge in [0, 0.05) is 32.7 Å². The van der Waals surface area contributed by atoms with Crippen LogP contribution in [0, 0.1) is 0 Å². The number of likely N-dealkylation sites (tertiary alicyclic amines) is 1. The molecule has 1 saturated heterocycles. The predicted octanol–water partition coefficient (Wildman–Crippen LogP) is -0.361. The molecule has 17 heavy (non-hydrogen) atoms. The van der Waals surface area contributed by atoms with E-state index in [0.717, 1.165) is 25.9 Å². The Bertz CT molecular complexity index is 238. The molecular weight excluding hydrogens is 218 g/mol. The number of piperidine rings is 1. The van der Waals surface area contributed by atoms with E-state index in [1.165, 1.54) is 0 Å². The van der Waals surface area contributed by atoms with Crippen molar-refractivity contribution in [1.29, 1.82) is 0 Å². The number of aliphatic hydroxyl groups is 1. The minimum atomic E-state index is -0.349. The van der Waals surface area contributed by atoms with Crippen molar-refractivity contribution in [3.63, 3.8) is 0 Å². The number of aliphatic hydroxyl groups excluding tert-OH is 1. The standard InChI is InChI=1S/C12H25N3O2/c1-10(16)3-6-14(2)12(17)9-15-7-4-11(13)5-8-15/h10-11,16H,3-9,13H2,1-2H3. The zero-order chi connectivity index (χ0) is 12.8. The van der Waals surface area contributed by atoms with E-state index in [9.17, 15) is 9.90 Å². The Hall–Kier alpha value is -0.650. The van der Waals surface area contributed by atoms with Crippen LogP contribution >= 0.6 is 0 Å². The summed E-state index contributed by atoms with van der Waals surface area (Å²) < 4.78 is 0. The average Bonchev–Trinajstić information content (AvgIpc) is 2.28. The van der Waals surface area contributed by atoms with Gasteiger partial charge in [0.2, 0.25) is 5.91 Å². The molecule has 5 heteroatoms. The number of nitrogens with two attached hydrogens (primary N) is 1. The Labute approximate surface area is 104 Å². The van der Waals surface area contributed by atoms with E-state index in [1.807, 2.05) is 0 Å². The van der Waals surface area contributed by atoms with Gasteiger partial charge in [0.1, 0.15) is 0 Å². The first-order chi connectivity index (χ1) is 7.99. The van der Waals surface area contributed by atoms with Crippen molar-refractivity contribution in [2.45, 2.75) is 38.3 Å². The molecular formula is C12H25N3O2. The van der Waals surface area contributed by atoms with Crippen LogP contribution in [0.3, 0.4) is 0 Å². The molecule has 0 radical (unpaired) electrons. The molecule has 100 valence electrons. The molecule has 3 N–H and O–H groups in total. The van der Waals surface area contributed by atoms with Gasteiger partial charge in [0.15, 0.2) is 0 Å². The number of hydrogen-bond donors (Lipinski definition) is 2. The third kappa shape index (κ3) is 5.48. The van der Waals surface area contributed by atoms with Crippen molar-refractivity contribution >= 4 is 5.91 Å². The topological polar surface area (TPSA) is 69.8 Å². The third-order valence-corrected chi connectivity index (χ3v) is 3.30. The Morgan fingerprint density at radius 3 is 2.65 bits per heavy atom. The first-order valence-corrected chi connectivity index (χ1v) is 6.39. The highest BCUT2D eigenvalue weighted by Gasteiger charge is 2.19. The highest BCUT2D eigenvalue weighted by Crippen LogP contribution is 2.08. The van der Waals surface area contributed by atoms with Crippen molar-refractivity contribution in [1.82, 2.24) is 9.80 Å². The van der Waals surface area contributed by atoms with E-state index in [-0.39, 0.29) is 12.0 Å². The van der Waals surface area contributed by atoms with Crippen LogP contribution in [-0.2, 0) is 4.79 Å². The molecule has 0 spiro atoms. The van der Waals surface area contributed by atoms with Crippen LogP contribution in [0.25, 0.3) is 0 Å². The number of rotatable bonds is 5. The van der Waals surface area contributed by atoms with E-state index in [2.05, 4.69) is 4.90 Å². The van der Waals surface area contributed by atoms with Gasteiger partial charge in [-0.15, -0.1) is 0 Å². The zero-order valence-electron chi connectivity index (χ0n) is 10.9. The largest absolute Gasteiger partial charge is 0.393 e. The van der Waals surface area contributed by atoms with Crippen LogP contribution in [0.4, 0.5) is 0 Å². The average molecular weight is 243 g/mol. The molecule has 1 heterocycles. The lowest BCUT2D eigenvalue weighted by Gasteiger charge is -2.30. The molecule has 0 aromatic heterocycles. The predicted molar refractivity (Wildman–Crippen MR) is 67.6 cm³/mol. The fourth-order valence-corrected chi connectivity index (χ4v) is 1.93. The highest BCUT2D eigenvalue weighted by molar-refractivity contribution is 5.77. The van der Waals surface area contributed by atoms with Gasteiger partial charge in [0.05, 0.1) is 12.6 Å². The molecule has 1 rings (SSSR count). The molecule has 0 aromatic carbocycles. The first kappa shape index (κ1) is 14.4. The molecule has 1 fully saturated rings. The summed E-state index contributed by atoms with van der Waals surface area (Å²) in [4.78, 5) is 15.7. The number of carbonyl (C=O) groups excluding carboxylic acids is 1. The molecule has 1 aliphatic heterocycles. The van der Waals surface area contributed by atoms with Crippen LogP contribution in [0.1, 0.15) is 26.2 Å². The Morgan fingerprint density at radius 1 is 1.53 bits per heavy atom. The van der Waals surface area contributed by atoms with Crippen molar-refractivity contribution in [2.24, 2.45) is 5.73 Å². The van der Waals surface area contributed by atoms with Crippen LogP contribution in [0.15, 0.2) is 0 Å². The zero-order valence-corrected chi connectivity index (χ0v) is 10.9. The number of amides is 1. The monoisotopic (exact) mass is 243 g/mol. The van der Waals surface area contributed by atoms with E-state index in [4.69, 9.17) is 5.73 Å². The number of likely N-dealkylation sites (N-methyl/N-ethyl adjacent to an activating group) is 1. The quantitative estimate of drug-likeness (QED) is 0.692. The number of hydrogen-bond acceptors (Lipinski definition) is 4. The normalized spacial score (nSPS) is 20.2. The van der Waals surface area contributed by atoms with Gasteiger partial charge in [0.25, 0.3) is 0 Å². The van der Waals surface area contributed by atoms with Crippen LogP contribution in [0.2, 0.25) is 0 Å². The van der Waals surface area contributed by atoms with Crippen LogP contribution in [-0.4, -0.2) is 66.2 Å². The maximum atomic E-state index is 11.9. The second-order valence-electron chi connectivity index (χ2n) is 5.07. The molecule has 0 saturated carbocycles. The maximum absolute atomic E-state index is 11.9. The molecule has 0 aliphatic carbocycles. The molecule has 1 aliphatic rings. The second-order valence-corrected chi connectivity index (χ2v) is 5.07. The SMILES string of the molecule is CC(O)CCN(C)C(=O)CN1CCC(N)CC1. The Kier molecular flexibility index (Phi) is 5.88. The van der Waals surface area contributed by atoms with Gasteiger partial charge < -0.3 is 15.7 Å². The summed E-state index contributed by atoms with van der Waals surface area (Å²) in [5.74, 6) is 0.126. The van der Waals surface area contributed by atoms with Gasteiger partial charge in [-0.1, -0.05) is 0 Å². The summed E-state index contributed by atoms with van der Waals surface area (Å²) in [5.41, 5.74) is 5.82. The molecule has 1 amide bonds. The summed E-state index contributed by atoms with van der Waals surface area (Å²) in [7, 11) is 1.79. The summed E-state index contributed by atoms with van der Waals surface area (Å²) in [5, 5.41) is 9.17. The molecule has 0 aromatic rings. The van der Waals surface area contributed by atoms with Gasteiger partial charge in [-0.3, -0.25) is 9.69 Å². The molecule has 5 nitrogen and oxygen atoms in total. The Balaban J connectivity index is 2.23. The van der Waals surface area contributed by atoms with Crippen molar-refractivity contribution < 1.29 is 9.90 Å². The summed E-state index contributed by atoms with van der Waals surface area (Å²) in [6.45, 7) is 4.66. The third-order valence-electron chi connectivity index (χ3n) is 3.30. The second kappa shape index (κ2) is 6.93. The fourth-order valence-electron chi connectivity index (χ4n) is 1.93. The van der Waals surface area contributed by atoms with Gasteiger partial charge in [-0.25, -0.2) is 0 Å². The highest BCUT2D eigenvalue weighted by atomic mass is 16.3. The van der Waals surface area contributed by atoms with Gasteiger partial charge >= 0.3 is 0 Å². The lowest BCUT2D eigenvalue weighted by Crippen LogP contribution is -2.45.